The number of nitrogens with one attached hydrogen (secondary N) is 3. The number of fused-ring (bicyclic) bond motifs is 1. The van der Waals surface area contributed by atoms with E-state index in [0.717, 1.165) is 21.4 Å². The molecule has 3 N–H and O–H groups in total. The van der Waals surface area contributed by atoms with Crippen molar-refractivity contribution in [3.05, 3.63) is 36.0 Å². The molecule has 1 aromatic heterocycles. The summed E-state index contributed by atoms with van der Waals surface area (Å²) in [6, 6.07) is 5.91. The zero-order valence-corrected chi connectivity index (χ0v) is 16.5. The van der Waals surface area contributed by atoms with Crippen LogP contribution in [0.2, 0.25) is 0 Å². The van der Waals surface area contributed by atoms with Crippen LogP contribution in [0, 0.1) is 0 Å². The number of carbonyl (C=O) groups excluding carboxylic acids is 3. The Kier molecular flexibility index (Phi) is 5.03. The smallest absolute Gasteiger partial charge is 0.324 e. The topological polar surface area (TPSA) is 128 Å². The van der Waals surface area contributed by atoms with Crippen LogP contribution in [-0.2, 0) is 25.8 Å². The van der Waals surface area contributed by atoms with E-state index in [0.29, 0.717) is 12.8 Å². The van der Waals surface area contributed by atoms with Crippen molar-refractivity contribution in [1.82, 2.24) is 20.5 Å². The minimum Gasteiger partial charge on any atom is -0.361 e. The van der Waals surface area contributed by atoms with Crippen LogP contribution < -0.4 is 10.6 Å². The van der Waals surface area contributed by atoms with Crippen LogP contribution in [0.1, 0.15) is 18.4 Å². The average Bonchev–Trinajstić information content (AvgIpc) is 3.30. The number of imide groups is 1. The van der Waals surface area contributed by atoms with Gasteiger partial charge in [-0.3, -0.25) is 14.5 Å². The number of carbonyl (C=O) groups is 3. The second-order valence-corrected chi connectivity index (χ2v) is 9.70. The molecule has 2 fully saturated rings. The van der Waals surface area contributed by atoms with Crippen LogP contribution in [-0.4, -0.2) is 66.3 Å². The fourth-order valence-electron chi connectivity index (χ4n) is 3.88. The Hall–Kier alpha value is -2.88. The number of aromatic amines is 1. The quantitative estimate of drug-likeness (QED) is 0.582. The van der Waals surface area contributed by atoms with Crippen molar-refractivity contribution in [2.24, 2.45) is 0 Å². The Morgan fingerprint density at radius 1 is 1.24 bits per heavy atom. The molecule has 0 aliphatic carbocycles. The molecule has 2 saturated heterocycles. The zero-order chi connectivity index (χ0) is 20.6. The summed E-state index contributed by atoms with van der Waals surface area (Å²) in [5.74, 6) is -0.910. The third kappa shape index (κ3) is 4.12. The van der Waals surface area contributed by atoms with Crippen LogP contribution in [0.25, 0.3) is 10.9 Å². The van der Waals surface area contributed by atoms with Gasteiger partial charge in [0.2, 0.25) is 5.91 Å². The van der Waals surface area contributed by atoms with Crippen molar-refractivity contribution in [3.8, 4) is 0 Å². The number of sulfone groups is 1. The summed E-state index contributed by atoms with van der Waals surface area (Å²) in [5.41, 5.74) is 1.99. The maximum absolute atomic E-state index is 12.6. The first-order valence-corrected chi connectivity index (χ1v) is 11.3. The molecule has 1 aromatic carbocycles. The lowest BCUT2D eigenvalue weighted by Gasteiger charge is -2.14. The molecule has 4 amide bonds. The highest BCUT2D eigenvalue weighted by molar-refractivity contribution is 7.91. The van der Waals surface area contributed by atoms with Crippen LogP contribution in [0.4, 0.5) is 4.79 Å². The van der Waals surface area contributed by atoms with E-state index in [9.17, 15) is 22.8 Å². The first kappa shape index (κ1) is 19.4. The van der Waals surface area contributed by atoms with E-state index >= 15 is 0 Å². The van der Waals surface area contributed by atoms with Gasteiger partial charge >= 0.3 is 6.03 Å². The lowest BCUT2D eigenvalue weighted by atomic mass is 10.1. The average molecular weight is 418 g/mol. The van der Waals surface area contributed by atoms with Crippen molar-refractivity contribution in [1.29, 1.82) is 0 Å². The van der Waals surface area contributed by atoms with Gasteiger partial charge in [-0.1, -0.05) is 18.2 Å². The number of hydrogen-bond donors (Lipinski definition) is 3. The summed E-state index contributed by atoms with van der Waals surface area (Å²) in [7, 11) is -3.10. The molecule has 154 valence electrons. The SMILES string of the molecule is O=C(C[C@@H]1NC(=O)N(CCc2c[nH]c3ccccc23)C1=O)NC1CCS(=O)(=O)C1. The molecule has 2 atom stereocenters. The maximum Gasteiger partial charge on any atom is 0.324 e. The molecule has 2 aromatic rings. The normalized spacial score (nSPS) is 23.5. The summed E-state index contributed by atoms with van der Waals surface area (Å²) < 4.78 is 23.0. The van der Waals surface area contributed by atoms with E-state index in [2.05, 4.69) is 15.6 Å². The number of para-hydroxylation sites is 1. The Labute approximate surface area is 167 Å². The molecule has 2 aliphatic rings. The van der Waals surface area contributed by atoms with Gasteiger partial charge in [0.25, 0.3) is 5.91 Å². The fourth-order valence-corrected chi connectivity index (χ4v) is 5.55. The van der Waals surface area contributed by atoms with E-state index in [1.54, 1.807) is 0 Å². The van der Waals surface area contributed by atoms with E-state index in [4.69, 9.17) is 0 Å². The number of aromatic nitrogens is 1. The summed E-state index contributed by atoms with van der Waals surface area (Å²) in [4.78, 5) is 41.2. The molecule has 4 rings (SSSR count). The van der Waals surface area contributed by atoms with Crippen LogP contribution >= 0.6 is 0 Å². The number of amides is 4. The van der Waals surface area contributed by atoms with Crippen molar-refractivity contribution in [2.75, 3.05) is 18.1 Å². The first-order valence-electron chi connectivity index (χ1n) is 9.49. The van der Waals surface area contributed by atoms with Crippen molar-refractivity contribution >= 4 is 38.6 Å². The summed E-state index contributed by atoms with van der Waals surface area (Å²) in [6.07, 6.45) is 2.53. The molecule has 0 bridgehead atoms. The highest BCUT2D eigenvalue weighted by atomic mass is 32.2. The summed E-state index contributed by atoms with van der Waals surface area (Å²) in [6.45, 7) is 0.214. The molecular weight excluding hydrogens is 396 g/mol. The molecular formula is C19H22N4O5S. The molecule has 0 spiro atoms. The van der Waals surface area contributed by atoms with Gasteiger partial charge in [-0.2, -0.15) is 0 Å². The zero-order valence-electron chi connectivity index (χ0n) is 15.7. The van der Waals surface area contributed by atoms with Gasteiger partial charge < -0.3 is 15.6 Å². The molecule has 3 heterocycles. The third-order valence-corrected chi connectivity index (χ3v) is 7.14. The lowest BCUT2D eigenvalue weighted by Crippen LogP contribution is -2.41. The Morgan fingerprint density at radius 2 is 2.03 bits per heavy atom. The number of H-pyrrole nitrogens is 1. The molecule has 0 saturated carbocycles. The van der Waals surface area contributed by atoms with Gasteiger partial charge in [-0.25, -0.2) is 13.2 Å². The molecule has 29 heavy (non-hydrogen) atoms. The number of rotatable bonds is 6. The van der Waals surface area contributed by atoms with Crippen molar-refractivity contribution in [3.63, 3.8) is 0 Å². The molecule has 2 aliphatic heterocycles. The molecule has 0 radical (unpaired) electrons. The predicted molar refractivity (Wildman–Crippen MR) is 106 cm³/mol. The third-order valence-electron chi connectivity index (χ3n) is 5.37. The standard InChI is InChI=1S/C19H22N4O5S/c24-17(21-13-6-8-29(27,28)11-13)9-16-18(25)23(19(26)22-16)7-5-12-10-20-15-4-2-1-3-14(12)15/h1-4,10,13,16,20H,5-9,11H2,(H,21,24)(H,22,26)/t13?,16-/m0/s1. The molecule has 1 unspecified atom stereocenters. The summed E-state index contributed by atoms with van der Waals surface area (Å²) in [5, 5.41) is 6.23. The van der Waals surface area contributed by atoms with E-state index < -0.39 is 39.8 Å². The van der Waals surface area contributed by atoms with E-state index in [1.165, 1.54) is 0 Å². The van der Waals surface area contributed by atoms with Gasteiger partial charge in [0.05, 0.1) is 17.9 Å². The fraction of sp³-hybridized carbons (Fsp3) is 0.421. The number of urea groups is 1. The Bertz CT molecular complexity index is 1080. The monoisotopic (exact) mass is 418 g/mol. The molecule has 9 nitrogen and oxygen atoms in total. The van der Waals surface area contributed by atoms with Gasteiger partial charge in [-0.15, -0.1) is 0 Å². The lowest BCUT2D eigenvalue weighted by molar-refractivity contribution is -0.131. The largest absolute Gasteiger partial charge is 0.361 e. The summed E-state index contributed by atoms with van der Waals surface area (Å²) >= 11 is 0. The van der Waals surface area contributed by atoms with Gasteiger partial charge in [0.15, 0.2) is 9.84 Å². The predicted octanol–water partition coefficient (Wildman–Crippen LogP) is 0.324. The highest BCUT2D eigenvalue weighted by Crippen LogP contribution is 2.19. The first-order chi connectivity index (χ1) is 13.8. The maximum atomic E-state index is 12.6. The van der Waals surface area contributed by atoms with Gasteiger partial charge in [-0.05, 0) is 24.5 Å². The second kappa shape index (κ2) is 7.51. The Balaban J connectivity index is 1.33. The molecule has 10 heteroatoms. The van der Waals surface area contributed by atoms with Gasteiger partial charge in [0.1, 0.15) is 6.04 Å². The number of benzene rings is 1. The van der Waals surface area contributed by atoms with Crippen LogP contribution in [0.5, 0.6) is 0 Å². The minimum absolute atomic E-state index is 0.0542. The number of hydrogen-bond acceptors (Lipinski definition) is 5. The Morgan fingerprint density at radius 3 is 2.79 bits per heavy atom. The van der Waals surface area contributed by atoms with E-state index in [1.807, 2.05) is 30.5 Å². The van der Waals surface area contributed by atoms with E-state index in [-0.39, 0.29) is 24.5 Å². The van der Waals surface area contributed by atoms with Crippen molar-refractivity contribution in [2.45, 2.75) is 31.3 Å². The number of nitrogens with zero attached hydrogens (tertiary/aromatic N) is 1. The minimum atomic E-state index is -3.10. The van der Waals surface area contributed by atoms with Gasteiger partial charge in [0, 0.05) is 29.7 Å². The second-order valence-electron chi connectivity index (χ2n) is 7.47. The highest BCUT2D eigenvalue weighted by Gasteiger charge is 2.39. The van der Waals surface area contributed by atoms with Crippen LogP contribution in [0.15, 0.2) is 30.5 Å². The van der Waals surface area contributed by atoms with Crippen LogP contribution in [0.3, 0.4) is 0 Å². The van der Waals surface area contributed by atoms with Crippen molar-refractivity contribution < 1.29 is 22.8 Å².